The number of anilines is 1. The number of sulfonamides is 1. The quantitative estimate of drug-likeness (QED) is 0.846. The summed E-state index contributed by atoms with van der Waals surface area (Å²) in [7, 11) is -2.74. The van der Waals surface area contributed by atoms with Gasteiger partial charge >= 0.3 is 0 Å². The number of benzene rings is 1. The second kappa shape index (κ2) is 5.83. The average molecular weight is 292 g/mol. The molecule has 0 aliphatic heterocycles. The van der Waals surface area contributed by atoms with E-state index in [0.717, 1.165) is 16.4 Å². The van der Waals surface area contributed by atoms with Gasteiger partial charge in [-0.25, -0.2) is 21.5 Å². The molecule has 0 saturated heterocycles. The van der Waals surface area contributed by atoms with Crippen LogP contribution in [0, 0.1) is 17.6 Å². The molecule has 2 N–H and O–H groups in total. The van der Waals surface area contributed by atoms with E-state index in [1.54, 1.807) is 0 Å². The molecule has 0 saturated carbocycles. The molecular weight excluding hydrogens is 274 g/mol. The highest BCUT2D eigenvalue weighted by Gasteiger charge is 2.26. The van der Waals surface area contributed by atoms with Gasteiger partial charge in [-0.05, 0) is 24.5 Å². The van der Waals surface area contributed by atoms with Crippen LogP contribution in [-0.4, -0.2) is 26.3 Å². The molecule has 0 bridgehead atoms. The molecule has 4 nitrogen and oxygen atoms in total. The second-order valence-electron chi connectivity index (χ2n) is 4.82. The maximum absolute atomic E-state index is 13.6. The largest absolute Gasteiger partial charge is 0.399 e. The zero-order valence-electron chi connectivity index (χ0n) is 11.2. The van der Waals surface area contributed by atoms with Gasteiger partial charge in [0.1, 0.15) is 4.90 Å². The van der Waals surface area contributed by atoms with E-state index in [1.165, 1.54) is 7.05 Å². The second-order valence-corrected chi connectivity index (χ2v) is 6.84. The molecule has 7 heteroatoms. The van der Waals surface area contributed by atoms with Crippen molar-refractivity contribution >= 4 is 15.7 Å². The van der Waals surface area contributed by atoms with Crippen molar-refractivity contribution in [3.05, 3.63) is 23.8 Å². The van der Waals surface area contributed by atoms with Crippen molar-refractivity contribution < 1.29 is 17.2 Å². The van der Waals surface area contributed by atoms with Gasteiger partial charge in [-0.2, -0.15) is 0 Å². The molecule has 19 heavy (non-hydrogen) atoms. The maximum atomic E-state index is 13.6. The highest BCUT2D eigenvalue weighted by Crippen LogP contribution is 2.24. The molecule has 1 aromatic carbocycles. The summed E-state index contributed by atoms with van der Waals surface area (Å²) in [4.78, 5) is -0.726. The van der Waals surface area contributed by atoms with Crippen LogP contribution in [0.2, 0.25) is 0 Å². The minimum atomic E-state index is -4.07. The normalized spacial score (nSPS) is 12.4. The van der Waals surface area contributed by atoms with E-state index in [2.05, 4.69) is 0 Å². The molecule has 0 unspecified atom stereocenters. The lowest BCUT2D eigenvalue weighted by Crippen LogP contribution is -2.29. The predicted molar refractivity (Wildman–Crippen MR) is 70.0 cm³/mol. The molecule has 0 aliphatic carbocycles. The monoisotopic (exact) mass is 292 g/mol. The Morgan fingerprint density at radius 3 is 2.42 bits per heavy atom. The van der Waals surface area contributed by atoms with Crippen molar-refractivity contribution in [2.24, 2.45) is 5.92 Å². The van der Waals surface area contributed by atoms with E-state index in [9.17, 15) is 17.2 Å². The van der Waals surface area contributed by atoms with E-state index in [4.69, 9.17) is 5.73 Å². The third-order valence-electron chi connectivity index (χ3n) is 2.73. The number of nitrogens with two attached hydrogens (primary N) is 1. The Hall–Kier alpha value is -1.21. The van der Waals surface area contributed by atoms with Gasteiger partial charge in [0.2, 0.25) is 10.0 Å². The van der Waals surface area contributed by atoms with E-state index < -0.39 is 26.6 Å². The molecule has 108 valence electrons. The summed E-state index contributed by atoms with van der Waals surface area (Å²) in [6.45, 7) is 4.12. The first kappa shape index (κ1) is 15.8. The van der Waals surface area contributed by atoms with E-state index in [1.807, 2.05) is 13.8 Å². The maximum Gasteiger partial charge on any atom is 0.245 e. The molecule has 0 heterocycles. The van der Waals surface area contributed by atoms with Gasteiger partial charge < -0.3 is 5.73 Å². The first-order valence-electron chi connectivity index (χ1n) is 5.87. The van der Waals surface area contributed by atoms with E-state index >= 15 is 0 Å². The summed E-state index contributed by atoms with van der Waals surface area (Å²) in [5.41, 5.74) is 5.23. The van der Waals surface area contributed by atoms with Crippen LogP contribution in [-0.2, 0) is 10.0 Å². The summed E-state index contributed by atoms with van der Waals surface area (Å²) < 4.78 is 52.1. The summed E-state index contributed by atoms with van der Waals surface area (Å²) >= 11 is 0. The molecule has 0 fully saturated rings. The lowest BCUT2D eigenvalue weighted by molar-refractivity contribution is 0.420. The fraction of sp³-hybridized carbons (Fsp3) is 0.500. The smallest absolute Gasteiger partial charge is 0.245 e. The Bertz CT molecular complexity index is 559. The summed E-state index contributed by atoms with van der Waals surface area (Å²) in [5.74, 6) is -2.36. The molecule has 0 aliphatic rings. The van der Waals surface area contributed by atoms with Crippen LogP contribution < -0.4 is 5.73 Å². The Balaban J connectivity index is 3.13. The first-order chi connectivity index (χ1) is 8.66. The Morgan fingerprint density at radius 2 is 1.89 bits per heavy atom. The van der Waals surface area contributed by atoms with Crippen molar-refractivity contribution in [1.29, 1.82) is 0 Å². The Labute approximate surface area is 112 Å². The third kappa shape index (κ3) is 3.63. The van der Waals surface area contributed by atoms with Gasteiger partial charge in [0.25, 0.3) is 0 Å². The van der Waals surface area contributed by atoms with Crippen molar-refractivity contribution in [3.8, 4) is 0 Å². The fourth-order valence-corrected chi connectivity index (χ4v) is 2.79. The van der Waals surface area contributed by atoms with Crippen LogP contribution in [0.25, 0.3) is 0 Å². The van der Waals surface area contributed by atoms with Gasteiger partial charge in [-0.15, -0.1) is 0 Å². The molecule has 0 radical (unpaired) electrons. The molecule has 0 aromatic heterocycles. The minimum Gasteiger partial charge on any atom is -0.399 e. The standard InChI is InChI=1S/C12H18F2N2O2S/c1-8(2)4-5-16(3)19(17,18)11-7-9(15)6-10(13)12(11)14/h6-8H,4-5,15H2,1-3H3. The molecule has 0 atom stereocenters. The molecule has 1 aromatic rings. The lowest BCUT2D eigenvalue weighted by Gasteiger charge is -2.19. The summed E-state index contributed by atoms with van der Waals surface area (Å²) in [6.07, 6.45) is 0.627. The number of hydrogen-bond donors (Lipinski definition) is 1. The van der Waals surface area contributed by atoms with Crippen molar-refractivity contribution in [3.63, 3.8) is 0 Å². The molecule has 1 rings (SSSR count). The van der Waals surface area contributed by atoms with Gasteiger partial charge in [0.15, 0.2) is 11.6 Å². The Kier molecular flexibility index (Phi) is 4.86. The SMILES string of the molecule is CC(C)CCN(C)S(=O)(=O)c1cc(N)cc(F)c1F. The van der Waals surface area contributed by atoms with Crippen molar-refractivity contribution in [2.75, 3.05) is 19.3 Å². The number of nitrogens with zero attached hydrogens (tertiary/aromatic N) is 1. The molecule has 0 amide bonds. The van der Waals surface area contributed by atoms with Gasteiger partial charge in [0.05, 0.1) is 0 Å². The average Bonchev–Trinajstić information content (AvgIpc) is 2.30. The summed E-state index contributed by atoms with van der Waals surface area (Å²) in [6, 6.07) is 1.68. The fourth-order valence-electron chi connectivity index (χ4n) is 1.50. The van der Waals surface area contributed by atoms with Crippen LogP contribution in [0.1, 0.15) is 20.3 Å². The van der Waals surface area contributed by atoms with Crippen LogP contribution in [0.15, 0.2) is 17.0 Å². The molecule has 0 spiro atoms. The topological polar surface area (TPSA) is 63.4 Å². The summed E-state index contributed by atoms with van der Waals surface area (Å²) in [5, 5.41) is 0. The van der Waals surface area contributed by atoms with E-state index in [0.29, 0.717) is 12.3 Å². The predicted octanol–water partition coefficient (Wildman–Crippen LogP) is 2.21. The minimum absolute atomic E-state index is 0.130. The Morgan fingerprint density at radius 1 is 1.32 bits per heavy atom. The molecular formula is C12H18F2N2O2S. The third-order valence-corrected chi connectivity index (χ3v) is 4.58. The highest BCUT2D eigenvalue weighted by molar-refractivity contribution is 7.89. The van der Waals surface area contributed by atoms with Crippen LogP contribution in [0.3, 0.4) is 0 Å². The van der Waals surface area contributed by atoms with Crippen LogP contribution in [0.4, 0.5) is 14.5 Å². The highest BCUT2D eigenvalue weighted by atomic mass is 32.2. The van der Waals surface area contributed by atoms with Crippen molar-refractivity contribution in [2.45, 2.75) is 25.2 Å². The number of hydrogen-bond acceptors (Lipinski definition) is 3. The van der Waals surface area contributed by atoms with E-state index in [-0.39, 0.29) is 12.2 Å². The van der Waals surface area contributed by atoms with Gasteiger partial charge in [0, 0.05) is 19.3 Å². The number of nitrogen functional groups attached to an aromatic ring is 1. The van der Waals surface area contributed by atoms with Crippen molar-refractivity contribution in [1.82, 2.24) is 4.31 Å². The zero-order valence-corrected chi connectivity index (χ0v) is 12.0. The lowest BCUT2D eigenvalue weighted by atomic mass is 10.1. The van der Waals surface area contributed by atoms with Crippen LogP contribution >= 0.6 is 0 Å². The zero-order chi connectivity index (χ0) is 14.8. The van der Waals surface area contributed by atoms with Gasteiger partial charge in [-0.1, -0.05) is 13.8 Å². The first-order valence-corrected chi connectivity index (χ1v) is 7.31. The number of halogens is 2. The number of rotatable bonds is 5. The van der Waals surface area contributed by atoms with Gasteiger partial charge in [-0.3, -0.25) is 0 Å². The van der Waals surface area contributed by atoms with Crippen LogP contribution in [0.5, 0.6) is 0 Å².